The van der Waals surface area contributed by atoms with Crippen molar-refractivity contribution in [1.82, 2.24) is 0 Å². The monoisotopic (exact) mass is 205 g/mol. The van der Waals surface area contributed by atoms with Crippen LogP contribution in [0, 0.1) is 6.08 Å². The summed E-state index contributed by atoms with van der Waals surface area (Å²) < 4.78 is 0. The molecule has 2 aromatic carbocycles. The topological polar surface area (TPSA) is 0 Å². The van der Waals surface area contributed by atoms with Gasteiger partial charge < -0.3 is 0 Å². The summed E-state index contributed by atoms with van der Waals surface area (Å²) in [6, 6.07) is 20.4. The number of benzene rings is 2. The molecule has 16 heavy (non-hydrogen) atoms. The lowest BCUT2D eigenvalue weighted by Gasteiger charge is -1.89. The van der Waals surface area contributed by atoms with Crippen LogP contribution in [0.1, 0.15) is 11.1 Å². The van der Waals surface area contributed by atoms with Gasteiger partial charge in [0.1, 0.15) is 0 Å². The Bertz CT molecular complexity index is 416. The van der Waals surface area contributed by atoms with Crippen molar-refractivity contribution in [2.75, 3.05) is 0 Å². The van der Waals surface area contributed by atoms with Crippen molar-refractivity contribution >= 4 is 12.2 Å². The molecular weight excluding hydrogens is 192 g/mol. The van der Waals surface area contributed by atoms with E-state index in [1.807, 2.05) is 54.6 Å². The Balaban J connectivity index is 1.98. The van der Waals surface area contributed by atoms with Crippen LogP contribution in [0.2, 0.25) is 0 Å². The molecule has 2 aromatic rings. The number of rotatable bonds is 3. The summed E-state index contributed by atoms with van der Waals surface area (Å²) in [5.74, 6) is 0. The third kappa shape index (κ3) is 3.25. The molecule has 0 unspecified atom stereocenters. The second-order valence-electron chi connectivity index (χ2n) is 3.47. The Hall–Kier alpha value is -2.08. The van der Waals surface area contributed by atoms with E-state index in [1.165, 1.54) is 11.1 Å². The molecule has 0 atom stereocenters. The first-order valence-electron chi connectivity index (χ1n) is 5.31. The molecule has 0 bridgehead atoms. The predicted molar refractivity (Wildman–Crippen MR) is 69.6 cm³/mol. The maximum atomic E-state index is 3.14. The lowest BCUT2D eigenvalue weighted by molar-refractivity contribution is 1.65. The van der Waals surface area contributed by atoms with Gasteiger partial charge in [-0.05, 0) is 23.3 Å². The highest BCUT2D eigenvalue weighted by Gasteiger charge is 1.82. The zero-order chi connectivity index (χ0) is 11.1. The average Bonchev–Trinajstić information content (AvgIpc) is 2.37. The minimum atomic E-state index is 1.17. The predicted octanol–water partition coefficient (Wildman–Crippen LogP) is 4.22. The van der Waals surface area contributed by atoms with Gasteiger partial charge in [0, 0.05) is 0 Å². The second kappa shape index (κ2) is 5.72. The summed E-state index contributed by atoms with van der Waals surface area (Å²) in [6.45, 7) is 0. The van der Waals surface area contributed by atoms with Crippen LogP contribution in [0.5, 0.6) is 0 Å². The molecule has 0 aromatic heterocycles. The van der Waals surface area contributed by atoms with Crippen molar-refractivity contribution in [2.45, 2.75) is 0 Å². The second-order valence-corrected chi connectivity index (χ2v) is 3.47. The summed E-state index contributed by atoms with van der Waals surface area (Å²) >= 11 is 0. The van der Waals surface area contributed by atoms with E-state index >= 15 is 0 Å². The number of hydrogen-bond donors (Lipinski definition) is 0. The molecule has 0 N–H and O–H groups in total. The van der Waals surface area contributed by atoms with Crippen molar-refractivity contribution in [3.8, 4) is 0 Å². The SMILES string of the molecule is [C](=Cc1ccccc1)C=Cc1ccccc1. The van der Waals surface area contributed by atoms with Gasteiger partial charge in [-0.25, -0.2) is 0 Å². The molecule has 0 heteroatoms. The van der Waals surface area contributed by atoms with Crippen LogP contribution in [0.3, 0.4) is 0 Å². The molecule has 0 saturated heterocycles. The molecule has 0 heterocycles. The maximum Gasteiger partial charge on any atom is -0.0178 e. The largest absolute Gasteiger partial charge is 0.0622 e. The molecule has 0 fully saturated rings. The maximum absolute atomic E-state index is 3.14. The van der Waals surface area contributed by atoms with E-state index in [9.17, 15) is 0 Å². The fourth-order valence-electron chi connectivity index (χ4n) is 1.40. The van der Waals surface area contributed by atoms with E-state index in [1.54, 1.807) is 0 Å². The highest BCUT2D eigenvalue weighted by atomic mass is 13.9. The molecule has 77 valence electrons. The van der Waals surface area contributed by atoms with E-state index < -0.39 is 0 Å². The molecule has 1 radical (unpaired) electrons. The zero-order valence-electron chi connectivity index (χ0n) is 9.01. The summed E-state index contributed by atoms with van der Waals surface area (Å²) in [7, 11) is 0. The molecule has 0 saturated carbocycles. The molecule has 2 rings (SSSR count). The smallest absolute Gasteiger partial charge is 0.0178 e. The van der Waals surface area contributed by atoms with Crippen molar-refractivity contribution in [3.63, 3.8) is 0 Å². The average molecular weight is 205 g/mol. The van der Waals surface area contributed by atoms with Gasteiger partial charge in [-0.1, -0.05) is 72.8 Å². The molecule has 0 spiro atoms. The van der Waals surface area contributed by atoms with Gasteiger partial charge in [0.05, 0.1) is 0 Å². The fraction of sp³-hybridized carbons (Fsp3) is 0. The summed E-state index contributed by atoms with van der Waals surface area (Å²) in [6.07, 6.45) is 9.09. The van der Waals surface area contributed by atoms with Gasteiger partial charge >= 0.3 is 0 Å². The van der Waals surface area contributed by atoms with Gasteiger partial charge in [-0.2, -0.15) is 0 Å². The standard InChI is InChI=1S/C16H13/c1-3-9-15(10-4-1)13-7-8-14-16-11-5-2-6-12-16/h1-7,9-14H. The first-order valence-corrected chi connectivity index (χ1v) is 5.31. The molecular formula is C16H13. The highest BCUT2D eigenvalue weighted by Crippen LogP contribution is 2.03. The van der Waals surface area contributed by atoms with Crippen molar-refractivity contribution < 1.29 is 0 Å². The van der Waals surface area contributed by atoms with Crippen LogP contribution in [0.25, 0.3) is 12.2 Å². The third-order valence-corrected chi connectivity index (χ3v) is 2.22. The minimum Gasteiger partial charge on any atom is -0.0622 e. The van der Waals surface area contributed by atoms with Crippen molar-refractivity contribution in [1.29, 1.82) is 0 Å². The van der Waals surface area contributed by atoms with E-state index in [4.69, 9.17) is 0 Å². The van der Waals surface area contributed by atoms with Crippen LogP contribution in [0.15, 0.2) is 66.7 Å². The van der Waals surface area contributed by atoms with E-state index in [-0.39, 0.29) is 0 Å². The first kappa shape index (κ1) is 10.4. The summed E-state index contributed by atoms with van der Waals surface area (Å²) in [5, 5.41) is 0. The van der Waals surface area contributed by atoms with Gasteiger partial charge in [-0.15, -0.1) is 0 Å². The van der Waals surface area contributed by atoms with Crippen LogP contribution in [-0.2, 0) is 0 Å². The van der Waals surface area contributed by atoms with E-state index in [0.29, 0.717) is 0 Å². The van der Waals surface area contributed by atoms with Crippen LogP contribution >= 0.6 is 0 Å². The first-order chi connectivity index (χ1) is 7.95. The number of hydrogen-bond acceptors (Lipinski definition) is 0. The zero-order valence-corrected chi connectivity index (χ0v) is 9.01. The van der Waals surface area contributed by atoms with Crippen molar-refractivity contribution in [3.05, 3.63) is 83.9 Å². The Morgan fingerprint density at radius 2 is 1.25 bits per heavy atom. The van der Waals surface area contributed by atoms with Gasteiger partial charge in [0.15, 0.2) is 0 Å². The Morgan fingerprint density at radius 3 is 1.88 bits per heavy atom. The molecule has 0 nitrogen and oxygen atoms in total. The number of allylic oxidation sites excluding steroid dienone is 2. The Labute approximate surface area is 96.6 Å². The van der Waals surface area contributed by atoms with Crippen LogP contribution in [0.4, 0.5) is 0 Å². The molecule has 0 aliphatic carbocycles. The lowest BCUT2D eigenvalue weighted by Crippen LogP contribution is -1.68. The van der Waals surface area contributed by atoms with E-state index in [2.05, 4.69) is 30.3 Å². The lowest BCUT2D eigenvalue weighted by atomic mass is 10.2. The fourth-order valence-corrected chi connectivity index (χ4v) is 1.40. The molecule has 0 aliphatic rings. The summed E-state index contributed by atoms with van der Waals surface area (Å²) in [4.78, 5) is 0. The molecule has 0 amide bonds. The van der Waals surface area contributed by atoms with E-state index in [0.717, 1.165) is 0 Å². The highest BCUT2D eigenvalue weighted by molar-refractivity contribution is 5.54. The van der Waals surface area contributed by atoms with Crippen LogP contribution in [-0.4, -0.2) is 0 Å². The normalized spacial score (nSPS) is 11.2. The van der Waals surface area contributed by atoms with Crippen LogP contribution < -0.4 is 0 Å². The quantitative estimate of drug-likeness (QED) is 0.658. The van der Waals surface area contributed by atoms with Gasteiger partial charge in [-0.3, -0.25) is 0 Å². The van der Waals surface area contributed by atoms with Gasteiger partial charge in [0.25, 0.3) is 0 Å². The third-order valence-electron chi connectivity index (χ3n) is 2.22. The Morgan fingerprint density at radius 1 is 0.688 bits per heavy atom. The molecule has 0 aliphatic heterocycles. The Kier molecular flexibility index (Phi) is 3.73. The van der Waals surface area contributed by atoms with Crippen molar-refractivity contribution in [2.24, 2.45) is 0 Å². The summed E-state index contributed by atoms with van der Waals surface area (Å²) in [5.41, 5.74) is 2.36. The van der Waals surface area contributed by atoms with Gasteiger partial charge in [0.2, 0.25) is 0 Å². The minimum absolute atomic E-state index is 1.17.